The van der Waals surface area contributed by atoms with Gasteiger partial charge in [0.15, 0.2) is 15.9 Å². The van der Waals surface area contributed by atoms with Gasteiger partial charge in [-0.05, 0) is 102 Å². The van der Waals surface area contributed by atoms with E-state index in [0.717, 1.165) is 6.92 Å². The second-order valence-electron chi connectivity index (χ2n) is 14.0. The molecular formula is C33H40F3N3O7S. The van der Waals surface area contributed by atoms with Gasteiger partial charge in [-0.1, -0.05) is 12.1 Å². The average molecular weight is 680 g/mol. The molecule has 3 N–H and O–H groups in total. The lowest BCUT2D eigenvalue weighted by Crippen LogP contribution is -2.58. The van der Waals surface area contributed by atoms with Gasteiger partial charge in [0.05, 0.1) is 34.3 Å². The minimum Gasteiger partial charge on any atom is -0.481 e. The smallest absolute Gasteiger partial charge is 0.425 e. The molecule has 4 aliphatic rings. The zero-order valence-electron chi connectivity index (χ0n) is 26.8. The Morgan fingerprint density at radius 3 is 2.17 bits per heavy atom. The summed E-state index contributed by atoms with van der Waals surface area (Å²) in [7, 11) is -4.02. The fraction of sp³-hybridized carbons (Fsp3) is 0.545. The van der Waals surface area contributed by atoms with Crippen molar-refractivity contribution in [3.05, 3.63) is 53.6 Å². The van der Waals surface area contributed by atoms with Crippen LogP contribution in [0.25, 0.3) is 0 Å². The highest BCUT2D eigenvalue weighted by Gasteiger charge is 2.54. The Balaban J connectivity index is 1.37. The number of carbonyl (C=O) groups excluding carboxylic acids is 3. The highest BCUT2D eigenvalue weighted by molar-refractivity contribution is 7.91. The number of fused-ring (bicyclic) bond motifs is 4. The van der Waals surface area contributed by atoms with Crippen LogP contribution in [0.4, 0.5) is 18.9 Å². The number of sulfone groups is 1. The monoisotopic (exact) mass is 679 g/mol. The van der Waals surface area contributed by atoms with E-state index in [4.69, 9.17) is 15.2 Å². The van der Waals surface area contributed by atoms with Crippen LogP contribution in [0.3, 0.4) is 0 Å². The number of esters is 1. The fourth-order valence-corrected chi connectivity index (χ4v) is 8.08. The van der Waals surface area contributed by atoms with Gasteiger partial charge in [-0.25, -0.2) is 8.42 Å². The average Bonchev–Trinajstić information content (AvgIpc) is 3.05. The van der Waals surface area contributed by atoms with Gasteiger partial charge < -0.3 is 25.4 Å². The Morgan fingerprint density at radius 2 is 1.62 bits per heavy atom. The minimum atomic E-state index is -4.55. The Hall–Kier alpha value is -3.65. The Bertz CT molecular complexity index is 1640. The number of nitrogens with zero attached hydrogens (tertiary/aromatic N) is 1. The topological polar surface area (TPSA) is 145 Å². The summed E-state index contributed by atoms with van der Waals surface area (Å²) in [4.78, 5) is 41.1. The third-order valence-electron chi connectivity index (χ3n) is 9.32. The molecule has 6 rings (SSSR count). The largest absolute Gasteiger partial charge is 0.481 e. The molecule has 2 aromatic carbocycles. The van der Waals surface area contributed by atoms with E-state index in [2.05, 4.69) is 5.32 Å². The molecule has 0 unspecified atom stereocenters. The second-order valence-corrected chi connectivity index (χ2v) is 16.0. The molecule has 0 aromatic heterocycles. The maximum Gasteiger partial charge on any atom is 0.425 e. The molecule has 0 radical (unpaired) electrons. The highest BCUT2D eigenvalue weighted by atomic mass is 32.2. The molecule has 3 fully saturated rings. The Labute approximate surface area is 272 Å². The number of alkyl halides is 3. The molecule has 10 nitrogen and oxygen atoms in total. The van der Waals surface area contributed by atoms with Crippen LogP contribution in [0.15, 0.2) is 47.4 Å². The third-order valence-corrected chi connectivity index (χ3v) is 11.1. The van der Waals surface area contributed by atoms with Crippen molar-refractivity contribution in [2.75, 3.05) is 10.7 Å². The van der Waals surface area contributed by atoms with Crippen molar-refractivity contribution in [1.29, 1.82) is 0 Å². The van der Waals surface area contributed by atoms with Gasteiger partial charge >= 0.3 is 12.1 Å². The molecular weight excluding hydrogens is 639 g/mol. The van der Waals surface area contributed by atoms with E-state index in [-0.39, 0.29) is 34.4 Å². The van der Waals surface area contributed by atoms with Gasteiger partial charge in [-0.3, -0.25) is 14.4 Å². The van der Waals surface area contributed by atoms with Gasteiger partial charge in [-0.2, -0.15) is 13.2 Å². The Morgan fingerprint density at radius 1 is 1.02 bits per heavy atom. The number of benzene rings is 2. The molecule has 256 valence electrons. The summed E-state index contributed by atoms with van der Waals surface area (Å²) in [5.74, 6) is -2.01. The number of amides is 2. The van der Waals surface area contributed by atoms with Crippen molar-refractivity contribution >= 4 is 33.3 Å². The summed E-state index contributed by atoms with van der Waals surface area (Å²) in [6.07, 6.45) is -3.12. The lowest BCUT2D eigenvalue weighted by molar-refractivity contribution is -0.189. The number of anilines is 1. The van der Waals surface area contributed by atoms with Gasteiger partial charge in [0.2, 0.25) is 5.91 Å². The number of ether oxygens (including phenoxy) is 2. The highest BCUT2D eigenvalue weighted by Crippen LogP contribution is 2.53. The quantitative estimate of drug-likeness (QED) is 0.396. The summed E-state index contributed by atoms with van der Waals surface area (Å²) in [5.41, 5.74) is 4.90. The first kappa shape index (κ1) is 34.7. The lowest BCUT2D eigenvalue weighted by atomic mass is 9.57. The molecule has 1 heterocycles. The van der Waals surface area contributed by atoms with Gasteiger partial charge in [0.25, 0.3) is 5.91 Å². The third kappa shape index (κ3) is 7.28. The summed E-state index contributed by atoms with van der Waals surface area (Å²) in [6, 6.07) is 8.25. The number of hydrogen-bond donors (Lipinski definition) is 2. The first-order chi connectivity index (χ1) is 21.7. The van der Waals surface area contributed by atoms with E-state index < -0.39 is 62.3 Å². The predicted octanol–water partition coefficient (Wildman–Crippen LogP) is 4.83. The lowest BCUT2D eigenvalue weighted by Gasteiger charge is -2.52. The van der Waals surface area contributed by atoms with Gasteiger partial charge in [-0.15, -0.1) is 0 Å². The van der Waals surface area contributed by atoms with Crippen LogP contribution in [0.1, 0.15) is 82.1 Å². The van der Waals surface area contributed by atoms with Crippen LogP contribution < -0.4 is 20.7 Å². The molecule has 2 aromatic rings. The van der Waals surface area contributed by atoms with Crippen molar-refractivity contribution in [3.8, 4) is 5.75 Å². The fourth-order valence-electron chi connectivity index (χ4n) is 6.52. The maximum atomic E-state index is 13.7. The number of carbonyl (C=O) groups is 3. The number of hydrogen-bond acceptors (Lipinski definition) is 8. The van der Waals surface area contributed by atoms with E-state index in [9.17, 15) is 36.0 Å². The SMILES string of the molecule is C[C@H](Oc1ccc(CN2C(=O)[C@@H](N)CS(=O)(=O)c3ccc(C(=O)NC45CCC(C(=O)OC(C)(C)C)(CC4)CC5)cc32)cc1)C(F)(F)F. The molecule has 2 amide bonds. The van der Waals surface area contributed by atoms with Gasteiger partial charge in [0, 0.05) is 11.1 Å². The van der Waals surface area contributed by atoms with E-state index in [0.29, 0.717) is 44.1 Å². The summed E-state index contributed by atoms with van der Waals surface area (Å²) < 4.78 is 75.9. The summed E-state index contributed by atoms with van der Waals surface area (Å²) in [6.45, 7) is 6.22. The van der Waals surface area contributed by atoms with Crippen molar-refractivity contribution < 1.29 is 45.4 Å². The van der Waals surface area contributed by atoms with Crippen LogP contribution in [0.2, 0.25) is 0 Å². The molecule has 0 spiro atoms. The minimum absolute atomic E-state index is 0.0182. The van der Waals surface area contributed by atoms with Crippen LogP contribution in [0.5, 0.6) is 5.75 Å². The zero-order chi connectivity index (χ0) is 34.6. The molecule has 0 saturated heterocycles. The first-order valence-corrected chi connectivity index (χ1v) is 17.2. The second kappa shape index (κ2) is 12.1. The summed E-state index contributed by atoms with van der Waals surface area (Å²) in [5, 5.41) is 3.14. The maximum absolute atomic E-state index is 13.7. The van der Waals surface area contributed by atoms with Crippen molar-refractivity contribution in [3.63, 3.8) is 0 Å². The van der Waals surface area contributed by atoms with Crippen LogP contribution in [-0.2, 0) is 30.7 Å². The summed E-state index contributed by atoms with van der Waals surface area (Å²) >= 11 is 0. The number of nitrogens with one attached hydrogen (secondary N) is 1. The molecule has 1 aliphatic heterocycles. The van der Waals surface area contributed by atoms with Gasteiger partial charge in [0.1, 0.15) is 11.4 Å². The number of halogens is 3. The molecule has 2 atom stereocenters. The number of nitrogens with two attached hydrogens (primary N) is 1. The van der Waals surface area contributed by atoms with E-state index >= 15 is 0 Å². The zero-order valence-corrected chi connectivity index (χ0v) is 27.6. The van der Waals surface area contributed by atoms with Crippen LogP contribution in [-0.4, -0.2) is 61.4 Å². The van der Waals surface area contributed by atoms with Crippen molar-refractivity contribution in [1.82, 2.24) is 5.32 Å². The van der Waals surface area contributed by atoms with Crippen LogP contribution >= 0.6 is 0 Å². The van der Waals surface area contributed by atoms with Crippen molar-refractivity contribution in [2.45, 2.75) is 107 Å². The molecule has 2 bridgehead atoms. The van der Waals surface area contributed by atoms with Crippen molar-refractivity contribution in [2.24, 2.45) is 11.1 Å². The molecule has 3 aliphatic carbocycles. The predicted molar refractivity (Wildman–Crippen MR) is 166 cm³/mol. The molecule has 47 heavy (non-hydrogen) atoms. The van der Waals surface area contributed by atoms with E-state index in [1.807, 2.05) is 20.8 Å². The normalized spacial score (nSPS) is 26.2. The number of rotatable bonds is 7. The Kier molecular flexibility index (Phi) is 8.93. The molecule has 14 heteroatoms. The van der Waals surface area contributed by atoms with Crippen LogP contribution in [0, 0.1) is 5.41 Å². The first-order valence-electron chi connectivity index (χ1n) is 15.5. The van der Waals surface area contributed by atoms with E-state index in [1.54, 1.807) is 0 Å². The molecule has 3 saturated carbocycles. The van der Waals surface area contributed by atoms with E-state index in [1.165, 1.54) is 47.4 Å². The standard InChI is InChI=1S/C33H40F3N3O7S/c1-20(33(34,35)36)45-23-8-5-21(6-9-23)18-39-25-17-22(7-10-26(25)47(43,44)19-24(37)28(39)41)27(40)38-32-14-11-31(12-15-32,13-16-32)29(42)46-30(2,3)4/h5-10,17,20,24H,11-16,18-19,37H2,1-4H3,(H,38,40)/t20-,24-,31?,32?/m0/s1.